The Balaban J connectivity index is 1.30. The largest absolute Gasteiger partial charge is 0.445 e. The minimum absolute atomic E-state index is 0.0717. The second kappa shape index (κ2) is 12.7. The van der Waals surface area contributed by atoms with Gasteiger partial charge in [-0.25, -0.2) is 9.97 Å². The van der Waals surface area contributed by atoms with Gasteiger partial charge in [-0.05, 0) is 74.6 Å². The number of carbonyl (C=O) groups excluding carboxylic acids is 2. The molecular formula is C34H37N3O4S. The number of likely N-dealkylation sites (tertiary alicyclic amines) is 1. The van der Waals surface area contributed by atoms with Crippen LogP contribution in [0.5, 0.6) is 0 Å². The fourth-order valence-electron chi connectivity index (χ4n) is 6.63. The second-order valence-electron chi connectivity index (χ2n) is 11.7. The van der Waals surface area contributed by atoms with Crippen molar-refractivity contribution in [3.05, 3.63) is 93.8 Å². The van der Waals surface area contributed by atoms with Crippen LogP contribution in [0.1, 0.15) is 88.0 Å². The van der Waals surface area contributed by atoms with Crippen LogP contribution < -0.4 is 0 Å². The molecule has 8 heteroatoms. The molecule has 6 rings (SSSR count). The van der Waals surface area contributed by atoms with Crippen molar-refractivity contribution >= 4 is 23.0 Å². The number of benzene rings is 2. The van der Waals surface area contributed by atoms with E-state index in [0.29, 0.717) is 35.5 Å². The molecule has 2 aliphatic rings. The Bertz CT molecular complexity index is 1510. The van der Waals surface area contributed by atoms with Crippen molar-refractivity contribution < 1.29 is 19.1 Å². The number of ketones is 1. The number of aliphatic hydroxyl groups is 1. The SMILES string of the molecule is Cc1csc([C@H]2CCCN2C(=O)c2cc(C(=O)C[C@@H](Cc3ccccc3)[C@H](O)C3CCCC3)cc(-c3ncco3)c2)n1. The molecule has 42 heavy (non-hydrogen) atoms. The van der Waals surface area contributed by atoms with E-state index in [0.717, 1.165) is 54.8 Å². The number of nitrogens with zero attached hydrogens (tertiary/aromatic N) is 3. The summed E-state index contributed by atoms with van der Waals surface area (Å²) in [5.74, 6) is 0.134. The topological polar surface area (TPSA) is 96.5 Å². The lowest BCUT2D eigenvalue weighted by molar-refractivity contribution is 0.0456. The van der Waals surface area contributed by atoms with Gasteiger partial charge in [0.15, 0.2) is 5.78 Å². The molecule has 2 aromatic heterocycles. The molecule has 0 spiro atoms. The number of rotatable bonds is 10. The van der Waals surface area contributed by atoms with Gasteiger partial charge in [-0.2, -0.15) is 0 Å². The van der Waals surface area contributed by atoms with Gasteiger partial charge in [-0.3, -0.25) is 9.59 Å². The summed E-state index contributed by atoms with van der Waals surface area (Å²) in [6, 6.07) is 15.2. The van der Waals surface area contributed by atoms with Crippen LogP contribution in [0.25, 0.3) is 11.5 Å². The molecule has 0 radical (unpaired) electrons. The standard InChI is InChI=1S/C34H37N3O4S/c1-22-21-42-33(36-22)29-12-7-14-37(29)34(40)28-18-25(17-27(19-28)32-35-13-15-41-32)30(38)20-26(16-23-8-3-2-4-9-23)31(39)24-10-5-6-11-24/h2-4,8-9,13,15,17-19,21,24,26,29,31,39H,5-7,10-12,14,16,20H2,1H3/t26-,29-,31-/m1/s1. The molecular weight excluding hydrogens is 546 g/mol. The molecule has 1 N–H and O–H groups in total. The first-order valence-corrected chi connectivity index (χ1v) is 15.9. The normalized spacial score (nSPS) is 18.8. The molecule has 1 aliphatic carbocycles. The summed E-state index contributed by atoms with van der Waals surface area (Å²) >= 11 is 1.59. The summed E-state index contributed by atoms with van der Waals surface area (Å²) in [4.78, 5) is 38.8. The van der Waals surface area contributed by atoms with Gasteiger partial charge >= 0.3 is 0 Å². The molecule has 1 amide bonds. The summed E-state index contributed by atoms with van der Waals surface area (Å²) in [5, 5.41) is 14.4. The molecule has 7 nitrogen and oxygen atoms in total. The van der Waals surface area contributed by atoms with Gasteiger partial charge in [0.2, 0.25) is 5.89 Å². The number of Topliss-reactive ketones (excluding diaryl/α,β-unsaturated/α-hetero) is 1. The number of aliphatic hydroxyl groups excluding tert-OH is 1. The van der Waals surface area contributed by atoms with Crippen LogP contribution in [0.15, 0.2) is 70.8 Å². The molecule has 1 saturated carbocycles. The number of amides is 1. The number of thiazole rings is 1. The fraction of sp³-hybridized carbons (Fsp3) is 0.412. The minimum atomic E-state index is -0.556. The summed E-state index contributed by atoms with van der Waals surface area (Å²) in [6.07, 6.45) is 9.30. The monoisotopic (exact) mass is 583 g/mol. The minimum Gasteiger partial charge on any atom is -0.445 e. The van der Waals surface area contributed by atoms with E-state index in [1.165, 1.54) is 6.26 Å². The van der Waals surface area contributed by atoms with E-state index in [1.807, 2.05) is 35.4 Å². The average Bonchev–Trinajstić information content (AvgIpc) is 3.84. The van der Waals surface area contributed by atoms with Crippen LogP contribution in [0.4, 0.5) is 0 Å². The number of hydrogen-bond acceptors (Lipinski definition) is 7. The van der Waals surface area contributed by atoms with Crippen LogP contribution in [-0.2, 0) is 6.42 Å². The van der Waals surface area contributed by atoms with E-state index in [1.54, 1.807) is 35.7 Å². The van der Waals surface area contributed by atoms with Gasteiger partial charge in [0, 0.05) is 40.7 Å². The third-order valence-electron chi connectivity index (χ3n) is 8.77. The number of aromatic nitrogens is 2. The molecule has 3 heterocycles. The molecule has 3 atom stereocenters. The second-order valence-corrected chi connectivity index (χ2v) is 12.6. The van der Waals surface area contributed by atoms with Crippen molar-refractivity contribution in [1.82, 2.24) is 14.9 Å². The van der Waals surface area contributed by atoms with Gasteiger partial charge in [0.05, 0.1) is 18.3 Å². The lowest BCUT2D eigenvalue weighted by Crippen LogP contribution is -2.32. The van der Waals surface area contributed by atoms with Crippen molar-refractivity contribution in [1.29, 1.82) is 0 Å². The highest BCUT2D eigenvalue weighted by atomic mass is 32.1. The highest BCUT2D eigenvalue weighted by molar-refractivity contribution is 7.09. The molecule has 2 fully saturated rings. The Kier molecular flexibility index (Phi) is 8.63. The number of aryl methyl sites for hydroxylation is 1. The van der Waals surface area contributed by atoms with Gasteiger partial charge in [-0.1, -0.05) is 43.2 Å². The summed E-state index contributed by atoms with van der Waals surface area (Å²) in [7, 11) is 0. The predicted molar refractivity (Wildman–Crippen MR) is 162 cm³/mol. The zero-order valence-electron chi connectivity index (χ0n) is 23.9. The Morgan fingerprint density at radius 2 is 1.86 bits per heavy atom. The highest BCUT2D eigenvalue weighted by Crippen LogP contribution is 2.37. The first kappa shape index (κ1) is 28.5. The number of oxazole rings is 1. The van der Waals surface area contributed by atoms with Crippen molar-refractivity contribution in [3.8, 4) is 11.5 Å². The third kappa shape index (κ3) is 6.25. The van der Waals surface area contributed by atoms with E-state index in [9.17, 15) is 14.7 Å². The number of hydrogen-bond donors (Lipinski definition) is 1. The van der Waals surface area contributed by atoms with E-state index >= 15 is 0 Å². The van der Waals surface area contributed by atoms with Gasteiger partial charge < -0.3 is 14.4 Å². The van der Waals surface area contributed by atoms with Gasteiger partial charge in [0.1, 0.15) is 11.3 Å². The zero-order chi connectivity index (χ0) is 29.1. The van der Waals surface area contributed by atoms with Crippen LogP contribution >= 0.6 is 11.3 Å². The highest BCUT2D eigenvalue weighted by Gasteiger charge is 2.34. The number of carbonyl (C=O) groups is 2. The Hall–Kier alpha value is -3.62. The summed E-state index contributed by atoms with van der Waals surface area (Å²) in [5.41, 5.74) is 3.52. The molecule has 1 saturated heterocycles. The molecule has 2 aromatic carbocycles. The molecule has 0 bridgehead atoms. The van der Waals surface area contributed by atoms with E-state index in [-0.39, 0.29) is 36.0 Å². The Labute approximate surface area is 250 Å². The van der Waals surface area contributed by atoms with E-state index in [4.69, 9.17) is 4.42 Å². The van der Waals surface area contributed by atoms with E-state index < -0.39 is 6.10 Å². The predicted octanol–water partition coefficient (Wildman–Crippen LogP) is 7.07. The maximum atomic E-state index is 14.0. The van der Waals surface area contributed by atoms with Crippen LogP contribution in [0.3, 0.4) is 0 Å². The Morgan fingerprint density at radius 3 is 2.57 bits per heavy atom. The average molecular weight is 584 g/mol. The van der Waals surface area contributed by atoms with Crippen molar-refractivity contribution in [3.63, 3.8) is 0 Å². The van der Waals surface area contributed by atoms with Crippen molar-refractivity contribution in [2.45, 2.75) is 70.4 Å². The zero-order valence-corrected chi connectivity index (χ0v) is 24.8. The maximum absolute atomic E-state index is 14.0. The van der Waals surface area contributed by atoms with Gasteiger partial charge in [0.25, 0.3) is 5.91 Å². The van der Waals surface area contributed by atoms with Crippen molar-refractivity contribution in [2.24, 2.45) is 11.8 Å². The molecule has 218 valence electrons. The fourth-order valence-corrected chi connectivity index (χ4v) is 7.57. The summed E-state index contributed by atoms with van der Waals surface area (Å²) in [6.45, 7) is 2.61. The third-order valence-corrected chi connectivity index (χ3v) is 9.83. The van der Waals surface area contributed by atoms with Crippen LogP contribution in [-0.4, -0.2) is 44.3 Å². The van der Waals surface area contributed by atoms with E-state index in [2.05, 4.69) is 22.1 Å². The van der Waals surface area contributed by atoms with Crippen LogP contribution in [0, 0.1) is 18.8 Å². The van der Waals surface area contributed by atoms with Gasteiger partial charge in [-0.15, -0.1) is 11.3 Å². The Morgan fingerprint density at radius 1 is 1.07 bits per heavy atom. The smallest absolute Gasteiger partial charge is 0.254 e. The first-order chi connectivity index (χ1) is 20.5. The van der Waals surface area contributed by atoms with Crippen LogP contribution in [0.2, 0.25) is 0 Å². The molecule has 1 aliphatic heterocycles. The molecule has 0 unspecified atom stereocenters. The first-order valence-electron chi connectivity index (χ1n) is 15.0. The quantitative estimate of drug-likeness (QED) is 0.201. The molecule has 4 aromatic rings. The lowest BCUT2D eigenvalue weighted by Gasteiger charge is -2.27. The lowest BCUT2D eigenvalue weighted by atomic mass is 9.81. The maximum Gasteiger partial charge on any atom is 0.254 e. The van der Waals surface area contributed by atoms with Crippen molar-refractivity contribution in [2.75, 3.05) is 6.54 Å². The summed E-state index contributed by atoms with van der Waals surface area (Å²) < 4.78 is 5.58.